The molecule has 0 bridgehead atoms. The van der Waals surface area contributed by atoms with E-state index in [0.717, 1.165) is 0 Å². The van der Waals surface area contributed by atoms with Gasteiger partial charge in [0.25, 0.3) is 0 Å². The van der Waals surface area contributed by atoms with Crippen LogP contribution in [0.1, 0.15) is 0 Å². The second-order valence-corrected chi connectivity index (χ2v) is 5.64. The first kappa shape index (κ1) is 17.9. The topological polar surface area (TPSA) is 97.1 Å². The molecule has 0 aliphatic rings. The SMILES string of the molecule is COCCOCCOCCOc1ccc(S(N)(=O)=O)cc1. The Labute approximate surface area is 125 Å². The molecule has 1 aromatic carbocycles. The Kier molecular flexibility index (Phi) is 8.24. The van der Waals surface area contributed by atoms with Crippen molar-refractivity contribution in [2.45, 2.75) is 4.90 Å². The number of ether oxygens (including phenoxy) is 4. The predicted molar refractivity (Wildman–Crippen MR) is 76.8 cm³/mol. The molecule has 0 atom stereocenters. The summed E-state index contributed by atoms with van der Waals surface area (Å²) in [5, 5.41) is 5.00. The van der Waals surface area contributed by atoms with Crippen LogP contribution in [0.5, 0.6) is 5.75 Å². The fraction of sp³-hybridized carbons (Fsp3) is 0.538. The molecule has 0 aliphatic heterocycles. The molecule has 0 aromatic heterocycles. The maximum atomic E-state index is 11.1. The van der Waals surface area contributed by atoms with Crippen LogP contribution in [0.25, 0.3) is 0 Å². The van der Waals surface area contributed by atoms with Crippen molar-refractivity contribution in [1.29, 1.82) is 0 Å². The lowest BCUT2D eigenvalue weighted by atomic mass is 10.3. The summed E-state index contributed by atoms with van der Waals surface area (Å²) in [6.07, 6.45) is 0. The number of nitrogens with two attached hydrogens (primary N) is 1. The number of benzene rings is 1. The zero-order chi connectivity index (χ0) is 15.6. The first-order valence-electron chi connectivity index (χ1n) is 6.44. The van der Waals surface area contributed by atoms with Crippen molar-refractivity contribution in [3.05, 3.63) is 24.3 Å². The molecule has 1 aromatic rings. The van der Waals surface area contributed by atoms with Crippen LogP contribution >= 0.6 is 0 Å². The van der Waals surface area contributed by atoms with Crippen molar-refractivity contribution in [2.24, 2.45) is 5.14 Å². The van der Waals surface area contributed by atoms with Crippen molar-refractivity contribution in [2.75, 3.05) is 46.8 Å². The first-order chi connectivity index (χ1) is 10.0. The molecule has 8 heteroatoms. The quantitative estimate of drug-likeness (QED) is 0.593. The highest BCUT2D eigenvalue weighted by atomic mass is 32.2. The third kappa shape index (κ3) is 7.98. The van der Waals surface area contributed by atoms with Crippen molar-refractivity contribution < 1.29 is 27.4 Å². The van der Waals surface area contributed by atoms with E-state index in [9.17, 15) is 8.42 Å². The Bertz CT molecular complexity index is 488. The van der Waals surface area contributed by atoms with E-state index >= 15 is 0 Å². The Hall–Kier alpha value is -1.19. The lowest BCUT2D eigenvalue weighted by molar-refractivity contribution is 0.0179. The highest BCUT2D eigenvalue weighted by Crippen LogP contribution is 2.14. The molecule has 0 aliphatic carbocycles. The van der Waals surface area contributed by atoms with Gasteiger partial charge in [-0.2, -0.15) is 0 Å². The normalized spacial score (nSPS) is 11.5. The Balaban J connectivity index is 2.10. The van der Waals surface area contributed by atoms with Crippen LogP contribution in [0.4, 0.5) is 0 Å². The molecule has 0 spiro atoms. The van der Waals surface area contributed by atoms with Gasteiger partial charge in [-0.3, -0.25) is 0 Å². The first-order valence-corrected chi connectivity index (χ1v) is 7.99. The van der Waals surface area contributed by atoms with Gasteiger partial charge in [0.2, 0.25) is 10.0 Å². The zero-order valence-corrected chi connectivity index (χ0v) is 12.8. The highest BCUT2D eigenvalue weighted by molar-refractivity contribution is 7.89. The highest BCUT2D eigenvalue weighted by Gasteiger charge is 2.06. The van der Waals surface area contributed by atoms with Gasteiger partial charge in [0.15, 0.2) is 0 Å². The van der Waals surface area contributed by atoms with Gasteiger partial charge in [0.05, 0.1) is 37.9 Å². The lowest BCUT2D eigenvalue weighted by Crippen LogP contribution is -2.13. The average Bonchev–Trinajstić information content (AvgIpc) is 2.45. The monoisotopic (exact) mass is 319 g/mol. The lowest BCUT2D eigenvalue weighted by Gasteiger charge is -2.08. The van der Waals surface area contributed by atoms with Crippen LogP contribution in [0.3, 0.4) is 0 Å². The number of sulfonamides is 1. The van der Waals surface area contributed by atoms with Gasteiger partial charge in [-0.1, -0.05) is 0 Å². The molecule has 0 heterocycles. The second-order valence-electron chi connectivity index (χ2n) is 4.08. The van der Waals surface area contributed by atoms with Gasteiger partial charge >= 0.3 is 0 Å². The summed E-state index contributed by atoms with van der Waals surface area (Å²) < 4.78 is 42.9. The maximum Gasteiger partial charge on any atom is 0.238 e. The molecule has 1 rings (SSSR count). The maximum absolute atomic E-state index is 11.1. The standard InChI is InChI=1S/C13H21NO6S/c1-17-6-7-18-8-9-19-10-11-20-12-2-4-13(5-3-12)21(14,15)16/h2-5H,6-11H2,1H3,(H2,14,15,16). The minimum Gasteiger partial charge on any atom is -0.491 e. The van der Waals surface area contributed by atoms with Crippen molar-refractivity contribution >= 4 is 10.0 Å². The molecule has 0 saturated heterocycles. The van der Waals surface area contributed by atoms with E-state index in [4.69, 9.17) is 24.1 Å². The minimum atomic E-state index is -3.66. The Morgan fingerprint density at radius 2 is 1.43 bits per heavy atom. The summed E-state index contributed by atoms with van der Waals surface area (Å²) in [5.41, 5.74) is 0. The number of methoxy groups -OCH3 is 1. The van der Waals surface area contributed by atoms with E-state index in [1.807, 2.05) is 0 Å². The summed E-state index contributed by atoms with van der Waals surface area (Å²) in [6, 6.07) is 5.89. The van der Waals surface area contributed by atoms with Gasteiger partial charge in [0, 0.05) is 7.11 Å². The molecule has 0 fully saturated rings. The van der Waals surface area contributed by atoms with Crippen molar-refractivity contribution in [3.63, 3.8) is 0 Å². The third-order valence-electron chi connectivity index (χ3n) is 2.45. The van der Waals surface area contributed by atoms with Crippen LogP contribution in [-0.2, 0) is 24.2 Å². The Morgan fingerprint density at radius 1 is 0.905 bits per heavy atom. The second kappa shape index (κ2) is 9.69. The van der Waals surface area contributed by atoms with Crippen LogP contribution < -0.4 is 9.88 Å². The number of hydrogen-bond acceptors (Lipinski definition) is 6. The summed E-state index contributed by atoms with van der Waals surface area (Å²) in [5.74, 6) is 0.558. The molecule has 0 amide bonds. The Morgan fingerprint density at radius 3 is 1.95 bits per heavy atom. The van der Waals surface area contributed by atoms with E-state index in [-0.39, 0.29) is 4.90 Å². The van der Waals surface area contributed by atoms with Gasteiger partial charge in [-0.05, 0) is 24.3 Å². The summed E-state index contributed by atoms with van der Waals surface area (Å²) in [6.45, 7) is 2.89. The number of hydrogen-bond donors (Lipinski definition) is 1. The molecule has 0 saturated carbocycles. The van der Waals surface area contributed by atoms with Crippen LogP contribution in [0.2, 0.25) is 0 Å². The molecule has 2 N–H and O–H groups in total. The van der Waals surface area contributed by atoms with E-state index in [1.54, 1.807) is 19.2 Å². The van der Waals surface area contributed by atoms with Crippen molar-refractivity contribution in [1.82, 2.24) is 0 Å². The molecule has 120 valence electrons. The van der Waals surface area contributed by atoms with E-state index in [2.05, 4.69) is 0 Å². The van der Waals surface area contributed by atoms with E-state index < -0.39 is 10.0 Å². The van der Waals surface area contributed by atoms with E-state index in [1.165, 1.54) is 12.1 Å². The smallest absolute Gasteiger partial charge is 0.238 e. The van der Waals surface area contributed by atoms with Gasteiger partial charge in [0.1, 0.15) is 12.4 Å². The zero-order valence-electron chi connectivity index (χ0n) is 12.0. The predicted octanol–water partition coefficient (Wildman–Crippen LogP) is 0.392. The van der Waals surface area contributed by atoms with Crippen molar-refractivity contribution in [3.8, 4) is 5.75 Å². The fourth-order valence-electron chi connectivity index (χ4n) is 1.41. The van der Waals surface area contributed by atoms with Crippen LogP contribution in [-0.4, -0.2) is 55.2 Å². The van der Waals surface area contributed by atoms with Gasteiger partial charge in [-0.15, -0.1) is 0 Å². The van der Waals surface area contributed by atoms with E-state index in [0.29, 0.717) is 45.4 Å². The molecular weight excluding hydrogens is 298 g/mol. The minimum absolute atomic E-state index is 0.0549. The number of rotatable bonds is 11. The summed E-state index contributed by atoms with van der Waals surface area (Å²) >= 11 is 0. The molecule has 0 radical (unpaired) electrons. The number of primary sulfonamides is 1. The van der Waals surface area contributed by atoms with Gasteiger partial charge in [-0.25, -0.2) is 13.6 Å². The average molecular weight is 319 g/mol. The fourth-order valence-corrected chi connectivity index (χ4v) is 1.92. The third-order valence-corrected chi connectivity index (χ3v) is 3.38. The molecular formula is C13H21NO6S. The molecule has 7 nitrogen and oxygen atoms in total. The molecule has 21 heavy (non-hydrogen) atoms. The molecule has 0 unspecified atom stereocenters. The van der Waals surface area contributed by atoms with Crippen LogP contribution in [0.15, 0.2) is 29.2 Å². The summed E-state index contributed by atoms with van der Waals surface area (Å²) in [7, 11) is -2.05. The largest absolute Gasteiger partial charge is 0.491 e. The summed E-state index contributed by atoms with van der Waals surface area (Å²) in [4.78, 5) is 0.0549. The van der Waals surface area contributed by atoms with Crippen LogP contribution in [0, 0.1) is 0 Å². The van der Waals surface area contributed by atoms with Gasteiger partial charge < -0.3 is 18.9 Å².